The minimum Gasteiger partial charge on any atom is -0.870 e. The zero-order chi connectivity index (χ0) is 16.9. The number of rotatable bonds is 1. The Balaban J connectivity index is 0.00000182. The summed E-state index contributed by atoms with van der Waals surface area (Å²) in [6.45, 7) is 0. The number of halogens is 3. The van der Waals surface area contributed by atoms with Gasteiger partial charge in [-0.1, -0.05) is 28.1 Å². The Bertz CT molecular complexity index is 972. The molecule has 0 saturated carbocycles. The maximum atomic E-state index is 12.7. The lowest BCUT2D eigenvalue weighted by atomic mass is 10.0. The van der Waals surface area contributed by atoms with Crippen LogP contribution >= 0.6 is 0 Å². The van der Waals surface area contributed by atoms with E-state index in [0.29, 0.717) is 17.8 Å². The number of aryl methyl sites for hydroxylation is 1. The monoisotopic (exact) mass is 349 g/mol. The first-order valence-corrected chi connectivity index (χ1v) is 7.47. The van der Waals surface area contributed by atoms with Crippen molar-refractivity contribution in [3.8, 4) is 11.4 Å². The van der Waals surface area contributed by atoms with Gasteiger partial charge in [-0.15, -0.1) is 4.68 Å². The maximum Gasteiger partial charge on any atom is 0.416 e. The Hall–Kier alpha value is -2.87. The number of alkyl halides is 3. The van der Waals surface area contributed by atoms with Gasteiger partial charge >= 0.3 is 11.7 Å². The number of H-pyrrole nitrogens is 1. The molecule has 2 heterocycles. The molecule has 1 aliphatic rings. The topological polar surface area (TPSA) is 71.7 Å². The van der Waals surface area contributed by atoms with Gasteiger partial charge in [0, 0.05) is 12.0 Å². The molecule has 0 bridgehead atoms. The SMILES string of the molecule is O=c1c2[n+]([nH]n1-c1ccc(C(F)(F)F)cc1)-c1ccccc1CC2.[OH-]. The van der Waals surface area contributed by atoms with E-state index in [-0.39, 0.29) is 11.0 Å². The molecule has 0 spiro atoms. The quantitative estimate of drug-likeness (QED) is 0.685. The van der Waals surface area contributed by atoms with Gasteiger partial charge in [-0.2, -0.15) is 13.2 Å². The lowest BCUT2D eigenvalue weighted by Crippen LogP contribution is -2.42. The standard InChI is InChI=1S/C17H12F3N3O.H2O/c18-17(19,20)12-6-8-13(9-7-12)22-16(24)15-10-5-11-3-1-2-4-14(11)23(15)21-22;/h1-4,6-9H,5,10H2;1H2. The summed E-state index contributed by atoms with van der Waals surface area (Å²) in [6, 6.07) is 12.3. The highest BCUT2D eigenvalue weighted by molar-refractivity contribution is 5.37. The van der Waals surface area contributed by atoms with Crippen LogP contribution in [-0.4, -0.2) is 15.4 Å². The molecule has 8 heteroatoms. The third-order valence-electron chi connectivity index (χ3n) is 4.24. The third-order valence-corrected chi connectivity index (χ3v) is 4.24. The molecular weight excluding hydrogens is 335 g/mol. The fourth-order valence-electron chi connectivity index (χ4n) is 3.02. The van der Waals surface area contributed by atoms with Crippen LogP contribution in [0.4, 0.5) is 13.2 Å². The Labute approximate surface area is 140 Å². The maximum absolute atomic E-state index is 12.7. The van der Waals surface area contributed by atoms with Crippen molar-refractivity contribution in [3.63, 3.8) is 0 Å². The van der Waals surface area contributed by atoms with Crippen LogP contribution in [0, 0.1) is 0 Å². The van der Waals surface area contributed by atoms with Crippen LogP contribution in [0.25, 0.3) is 11.4 Å². The first kappa shape index (κ1) is 17.0. The molecule has 0 atom stereocenters. The van der Waals surface area contributed by atoms with Gasteiger partial charge in [0.05, 0.1) is 5.56 Å². The van der Waals surface area contributed by atoms with E-state index in [1.54, 1.807) is 4.68 Å². The summed E-state index contributed by atoms with van der Waals surface area (Å²) >= 11 is 0. The number of nitrogens with one attached hydrogen (secondary N) is 1. The smallest absolute Gasteiger partial charge is 0.416 e. The molecular formula is C17H14F3N3O2. The molecule has 1 aromatic heterocycles. The van der Waals surface area contributed by atoms with E-state index in [9.17, 15) is 18.0 Å². The minimum absolute atomic E-state index is 0. The predicted octanol–water partition coefficient (Wildman–Crippen LogP) is 2.38. The molecule has 3 aromatic rings. The van der Waals surface area contributed by atoms with E-state index in [4.69, 9.17) is 0 Å². The number of para-hydroxylation sites is 1. The van der Waals surface area contributed by atoms with Crippen LogP contribution in [0.2, 0.25) is 0 Å². The van der Waals surface area contributed by atoms with Gasteiger partial charge in [0.25, 0.3) is 0 Å². The average Bonchev–Trinajstić information content (AvgIpc) is 2.92. The summed E-state index contributed by atoms with van der Waals surface area (Å²) in [7, 11) is 0. The number of aromatic nitrogens is 3. The molecule has 0 fully saturated rings. The van der Waals surface area contributed by atoms with Gasteiger partial charge in [0.1, 0.15) is 0 Å². The first-order valence-electron chi connectivity index (χ1n) is 7.47. The molecule has 0 radical (unpaired) electrons. The summed E-state index contributed by atoms with van der Waals surface area (Å²) in [4.78, 5) is 12.6. The lowest BCUT2D eigenvalue weighted by molar-refractivity contribution is -0.671. The Morgan fingerprint density at radius 2 is 1.68 bits per heavy atom. The largest absolute Gasteiger partial charge is 0.870 e. The summed E-state index contributed by atoms with van der Waals surface area (Å²) in [6.07, 6.45) is -3.05. The Kier molecular flexibility index (Phi) is 4.00. The molecule has 0 saturated heterocycles. The summed E-state index contributed by atoms with van der Waals surface area (Å²) in [5.74, 6) is 0. The fourth-order valence-corrected chi connectivity index (χ4v) is 3.02. The molecule has 2 N–H and O–H groups in total. The van der Waals surface area contributed by atoms with Gasteiger partial charge in [-0.3, -0.25) is 0 Å². The Morgan fingerprint density at radius 3 is 2.36 bits per heavy atom. The average molecular weight is 349 g/mol. The molecule has 2 aromatic carbocycles. The Morgan fingerprint density at radius 1 is 1.00 bits per heavy atom. The minimum atomic E-state index is -4.40. The zero-order valence-electron chi connectivity index (χ0n) is 12.9. The van der Waals surface area contributed by atoms with E-state index in [1.807, 2.05) is 24.3 Å². The van der Waals surface area contributed by atoms with Gasteiger partial charge < -0.3 is 5.48 Å². The van der Waals surface area contributed by atoms with Crippen LogP contribution in [0.1, 0.15) is 16.8 Å². The molecule has 5 nitrogen and oxygen atoms in total. The highest BCUT2D eigenvalue weighted by atomic mass is 19.4. The summed E-state index contributed by atoms with van der Waals surface area (Å²) < 4.78 is 41.0. The van der Waals surface area contributed by atoms with E-state index < -0.39 is 11.7 Å². The first-order chi connectivity index (χ1) is 11.4. The van der Waals surface area contributed by atoms with Gasteiger partial charge in [-0.25, -0.2) is 4.79 Å². The molecule has 1 aliphatic heterocycles. The van der Waals surface area contributed by atoms with E-state index in [0.717, 1.165) is 29.8 Å². The van der Waals surface area contributed by atoms with Crippen molar-refractivity contribution < 1.29 is 23.3 Å². The zero-order valence-corrected chi connectivity index (χ0v) is 12.9. The highest BCUT2D eigenvalue weighted by Crippen LogP contribution is 2.29. The summed E-state index contributed by atoms with van der Waals surface area (Å²) in [5, 5.41) is 2.97. The lowest BCUT2D eigenvalue weighted by Gasteiger charge is -2.10. The highest BCUT2D eigenvalue weighted by Gasteiger charge is 2.32. The van der Waals surface area contributed by atoms with Crippen LogP contribution in [0.15, 0.2) is 53.3 Å². The summed E-state index contributed by atoms with van der Waals surface area (Å²) in [5.41, 5.74) is 1.98. The van der Waals surface area contributed by atoms with Crippen LogP contribution in [-0.2, 0) is 19.0 Å². The number of hydrogen-bond acceptors (Lipinski definition) is 2. The van der Waals surface area contributed by atoms with Gasteiger partial charge in [0.15, 0.2) is 11.4 Å². The van der Waals surface area contributed by atoms with Crippen molar-refractivity contribution in [2.45, 2.75) is 19.0 Å². The van der Waals surface area contributed by atoms with Crippen LogP contribution < -0.4 is 10.2 Å². The molecule has 4 rings (SSSR count). The molecule has 25 heavy (non-hydrogen) atoms. The van der Waals surface area contributed by atoms with Crippen molar-refractivity contribution in [3.05, 3.63) is 75.7 Å². The van der Waals surface area contributed by atoms with E-state index in [2.05, 4.69) is 5.21 Å². The number of fused-ring (bicyclic) bond motifs is 3. The van der Waals surface area contributed by atoms with Crippen LogP contribution in [0.3, 0.4) is 0 Å². The number of benzene rings is 2. The van der Waals surface area contributed by atoms with Crippen molar-refractivity contribution in [2.75, 3.05) is 0 Å². The molecule has 0 amide bonds. The predicted molar refractivity (Wildman–Crippen MR) is 82.3 cm³/mol. The normalized spacial score (nSPS) is 12.9. The number of nitrogens with zero attached hydrogens (tertiary/aromatic N) is 2. The van der Waals surface area contributed by atoms with Crippen LogP contribution in [0.5, 0.6) is 0 Å². The van der Waals surface area contributed by atoms with E-state index >= 15 is 0 Å². The van der Waals surface area contributed by atoms with Gasteiger partial charge in [-0.05, 0) is 36.8 Å². The molecule has 130 valence electrons. The van der Waals surface area contributed by atoms with Crippen molar-refractivity contribution in [1.82, 2.24) is 9.90 Å². The van der Waals surface area contributed by atoms with Crippen molar-refractivity contribution in [2.24, 2.45) is 0 Å². The molecule has 0 unspecified atom stereocenters. The second kappa shape index (κ2) is 5.89. The number of aromatic amines is 1. The van der Waals surface area contributed by atoms with Crippen molar-refractivity contribution in [1.29, 1.82) is 0 Å². The second-order valence-electron chi connectivity index (χ2n) is 5.70. The van der Waals surface area contributed by atoms with Crippen molar-refractivity contribution >= 4 is 0 Å². The van der Waals surface area contributed by atoms with Gasteiger partial charge in [0.2, 0.25) is 5.69 Å². The molecule has 0 aliphatic carbocycles. The number of hydrogen-bond donors (Lipinski definition) is 1. The second-order valence-corrected chi connectivity index (χ2v) is 5.70. The fraction of sp³-hybridized carbons (Fsp3) is 0.176. The van der Waals surface area contributed by atoms with E-state index in [1.165, 1.54) is 16.8 Å². The third kappa shape index (κ3) is 2.74.